The van der Waals surface area contributed by atoms with Gasteiger partial charge in [-0.05, 0) is 52.7 Å². The van der Waals surface area contributed by atoms with Crippen molar-refractivity contribution >= 4 is 21.8 Å². The van der Waals surface area contributed by atoms with Crippen molar-refractivity contribution in [1.29, 1.82) is 0 Å². The first-order chi connectivity index (χ1) is 13.3. The van der Waals surface area contributed by atoms with Crippen molar-refractivity contribution < 1.29 is 14.5 Å². The van der Waals surface area contributed by atoms with Crippen LogP contribution in [0.3, 0.4) is 0 Å². The molecule has 0 spiro atoms. The molecule has 0 bridgehead atoms. The lowest BCUT2D eigenvalue weighted by molar-refractivity contribution is 0.306. The molecule has 5 rings (SSSR count). The van der Waals surface area contributed by atoms with Gasteiger partial charge in [0.2, 0.25) is 0 Å². The molecule has 5 heteroatoms. The second-order valence-corrected chi connectivity index (χ2v) is 6.25. The average Bonchev–Trinajstić information content (AvgIpc) is 3.36. The van der Waals surface area contributed by atoms with Gasteiger partial charge in [-0.25, -0.2) is 0 Å². The number of phenols is 1. The summed E-state index contributed by atoms with van der Waals surface area (Å²) in [4.78, 5) is 6.18. The number of ether oxygens (including phenoxy) is 1. The highest BCUT2D eigenvalue weighted by Crippen LogP contribution is 2.20. The van der Waals surface area contributed by atoms with E-state index in [4.69, 9.17) is 9.84 Å². The molecular formula is C24H25FN2O2. The molecule has 0 aliphatic rings. The summed E-state index contributed by atoms with van der Waals surface area (Å²) in [6, 6.07) is 25.5. The third kappa shape index (κ3) is 5.39. The summed E-state index contributed by atoms with van der Waals surface area (Å²) in [5, 5.41) is 11.4. The molecule has 3 N–H and O–H groups in total. The Morgan fingerprint density at radius 1 is 0.724 bits per heavy atom. The summed E-state index contributed by atoms with van der Waals surface area (Å²) >= 11 is 0. The number of aromatic hydroxyl groups is 1. The van der Waals surface area contributed by atoms with Crippen molar-refractivity contribution in [3.05, 3.63) is 96.8 Å². The van der Waals surface area contributed by atoms with Gasteiger partial charge in [0.15, 0.2) is 0 Å². The number of hydrogen-bond donors (Lipinski definition) is 3. The highest BCUT2D eigenvalue weighted by molar-refractivity contribution is 5.81. The molecule has 0 aliphatic carbocycles. The number of phenolic OH excluding ortho intramolecular Hbond substituents is 1. The summed E-state index contributed by atoms with van der Waals surface area (Å²) < 4.78 is 5.75. The zero-order valence-electron chi connectivity index (χ0n) is 15.1. The van der Waals surface area contributed by atoms with E-state index in [1.165, 1.54) is 10.9 Å². The summed E-state index contributed by atoms with van der Waals surface area (Å²) in [5.74, 6) is 1.19. The van der Waals surface area contributed by atoms with Gasteiger partial charge in [-0.3, -0.25) is 4.70 Å². The van der Waals surface area contributed by atoms with E-state index in [2.05, 4.69) is 34.2 Å². The van der Waals surface area contributed by atoms with E-state index in [0.717, 1.165) is 22.2 Å². The van der Waals surface area contributed by atoms with Crippen LogP contribution in [-0.2, 0) is 6.61 Å². The fraction of sp³-hybridized carbons (Fsp3) is 0.0833. The van der Waals surface area contributed by atoms with E-state index >= 15 is 0 Å². The molecule has 150 valence electrons. The molecule has 0 saturated heterocycles. The van der Waals surface area contributed by atoms with Crippen LogP contribution in [0.2, 0.25) is 0 Å². The summed E-state index contributed by atoms with van der Waals surface area (Å²) in [6.45, 7) is 0.604. The molecule has 2 heterocycles. The van der Waals surface area contributed by atoms with E-state index < -0.39 is 0 Å². The van der Waals surface area contributed by atoms with E-state index in [-0.39, 0.29) is 12.1 Å². The van der Waals surface area contributed by atoms with Crippen molar-refractivity contribution in [2.24, 2.45) is 0 Å². The normalized spacial score (nSPS) is 9.79. The number of fused-ring (bicyclic) bond motifs is 2. The predicted molar refractivity (Wildman–Crippen MR) is 118 cm³/mol. The van der Waals surface area contributed by atoms with Gasteiger partial charge in [0.25, 0.3) is 0 Å². The van der Waals surface area contributed by atoms with Crippen molar-refractivity contribution in [3.8, 4) is 11.5 Å². The maximum Gasteiger partial charge on any atom is 0.121 e. The number of rotatable bonds is 3. The molecule has 0 saturated carbocycles. The molecule has 2 aromatic heterocycles. The van der Waals surface area contributed by atoms with Crippen LogP contribution in [0.25, 0.3) is 21.8 Å². The number of aromatic nitrogens is 2. The summed E-state index contributed by atoms with van der Waals surface area (Å²) in [5.41, 5.74) is 3.26. The Morgan fingerprint density at radius 2 is 1.34 bits per heavy atom. The maximum absolute atomic E-state index is 9.03. The Hall–Kier alpha value is -3.73. The maximum atomic E-state index is 9.03. The molecule has 0 fully saturated rings. The van der Waals surface area contributed by atoms with Crippen molar-refractivity contribution in [3.63, 3.8) is 0 Å². The number of halogens is 1. The van der Waals surface area contributed by atoms with Crippen LogP contribution in [-0.4, -0.2) is 15.1 Å². The molecule has 0 unspecified atom stereocenters. The molecule has 3 aromatic carbocycles. The van der Waals surface area contributed by atoms with Gasteiger partial charge >= 0.3 is 0 Å². The third-order valence-corrected chi connectivity index (χ3v) is 4.31. The topological polar surface area (TPSA) is 61.0 Å². The minimum Gasteiger partial charge on any atom is -0.508 e. The minimum atomic E-state index is 0. The number of aromatic amines is 2. The van der Waals surface area contributed by atoms with Crippen LogP contribution in [0, 0.1) is 0 Å². The number of benzene rings is 3. The van der Waals surface area contributed by atoms with Crippen LogP contribution < -0.4 is 4.74 Å². The number of nitrogens with one attached hydrogen (secondary N) is 2. The SMILES string of the molecule is C.F.Oc1ccc2cc[nH]c2c1.c1ccc(COc2ccc3cc[nH]c3c2)cc1. The Morgan fingerprint density at radius 3 is 2.03 bits per heavy atom. The molecule has 0 aliphatic heterocycles. The molecule has 0 amide bonds. The fourth-order valence-electron chi connectivity index (χ4n) is 2.89. The van der Waals surface area contributed by atoms with Crippen LogP contribution in [0.1, 0.15) is 13.0 Å². The molecule has 5 aromatic rings. The Labute approximate surface area is 169 Å². The summed E-state index contributed by atoms with van der Waals surface area (Å²) in [6.07, 6.45) is 3.79. The molecule has 29 heavy (non-hydrogen) atoms. The second-order valence-electron chi connectivity index (χ2n) is 6.25. The van der Waals surface area contributed by atoms with Gasteiger partial charge in [-0.1, -0.05) is 37.8 Å². The van der Waals surface area contributed by atoms with Crippen molar-refractivity contribution in [1.82, 2.24) is 9.97 Å². The molecule has 4 nitrogen and oxygen atoms in total. The average molecular weight is 392 g/mol. The molecular weight excluding hydrogens is 367 g/mol. The smallest absolute Gasteiger partial charge is 0.121 e. The van der Waals surface area contributed by atoms with Crippen LogP contribution in [0.5, 0.6) is 11.5 Å². The zero-order valence-corrected chi connectivity index (χ0v) is 15.1. The summed E-state index contributed by atoms with van der Waals surface area (Å²) in [7, 11) is 0. The van der Waals surface area contributed by atoms with Gasteiger partial charge in [0.1, 0.15) is 18.1 Å². The lowest BCUT2D eigenvalue weighted by atomic mass is 10.2. The van der Waals surface area contributed by atoms with Gasteiger partial charge < -0.3 is 19.8 Å². The highest BCUT2D eigenvalue weighted by atomic mass is 19.0. The monoisotopic (exact) mass is 392 g/mol. The van der Waals surface area contributed by atoms with Crippen LogP contribution in [0.15, 0.2) is 91.3 Å². The Bertz CT molecular complexity index is 1150. The van der Waals surface area contributed by atoms with E-state index in [1.54, 1.807) is 12.1 Å². The standard InChI is InChI=1S/C15H13NO.C8H7NO.CH4.FH/c1-2-4-12(5-3-1)11-17-14-7-6-13-8-9-16-15(13)10-14;10-7-2-1-6-3-4-9-8(6)5-7;;/h1-10,16H,11H2;1-5,9-10H;1H4;1H. The van der Waals surface area contributed by atoms with Crippen molar-refractivity contribution in [2.75, 3.05) is 0 Å². The van der Waals surface area contributed by atoms with E-state index in [1.807, 2.05) is 54.9 Å². The van der Waals surface area contributed by atoms with Crippen molar-refractivity contribution in [2.45, 2.75) is 14.0 Å². The van der Waals surface area contributed by atoms with Gasteiger partial charge in [0, 0.05) is 35.6 Å². The van der Waals surface area contributed by atoms with E-state index in [9.17, 15) is 0 Å². The van der Waals surface area contributed by atoms with Gasteiger partial charge in [-0.15, -0.1) is 0 Å². The molecule has 0 radical (unpaired) electrons. The molecule has 0 atom stereocenters. The van der Waals surface area contributed by atoms with Crippen LogP contribution >= 0.6 is 0 Å². The lowest BCUT2D eigenvalue weighted by Gasteiger charge is -2.06. The number of hydrogen-bond acceptors (Lipinski definition) is 2. The number of H-pyrrole nitrogens is 2. The zero-order chi connectivity index (χ0) is 18.5. The third-order valence-electron chi connectivity index (χ3n) is 4.31. The quantitative estimate of drug-likeness (QED) is 0.332. The van der Waals surface area contributed by atoms with Crippen LogP contribution in [0.4, 0.5) is 4.70 Å². The lowest BCUT2D eigenvalue weighted by Crippen LogP contribution is -1.94. The minimum absolute atomic E-state index is 0. The fourth-order valence-corrected chi connectivity index (χ4v) is 2.89. The van der Waals surface area contributed by atoms with E-state index in [0.29, 0.717) is 12.4 Å². The second kappa shape index (κ2) is 9.99. The highest BCUT2D eigenvalue weighted by Gasteiger charge is 1.98. The van der Waals surface area contributed by atoms with Gasteiger partial charge in [0.05, 0.1) is 0 Å². The first kappa shape index (κ1) is 21.6. The Balaban J connectivity index is 0.000000216. The largest absolute Gasteiger partial charge is 0.508 e. The first-order valence-corrected chi connectivity index (χ1v) is 8.78. The first-order valence-electron chi connectivity index (χ1n) is 8.78. The van der Waals surface area contributed by atoms with Gasteiger partial charge in [-0.2, -0.15) is 0 Å². The predicted octanol–water partition coefficient (Wildman–Crippen LogP) is 6.41. The Kier molecular flexibility index (Phi) is 7.43.